The van der Waals surface area contributed by atoms with Gasteiger partial charge < -0.3 is 14.4 Å². The summed E-state index contributed by atoms with van der Waals surface area (Å²) in [6.07, 6.45) is 3.39. The van der Waals surface area contributed by atoms with Crippen LogP contribution >= 0.6 is 0 Å². The third kappa shape index (κ3) is 4.31. The number of hydrogen-bond donors (Lipinski definition) is 1. The Morgan fingerprint density at radius 2 is 1.95 bits per heavy atom. The van der Waals surface area contributed by atoms with Crippen LogP contribution in [0.2, 0.25) is 0 Å². The van der Waals surface area contributed by atoms with Crippen molar-refractivity contribution >= 4 is 16.9 Å². The van der Waals surface area contributed by atoms with Gasteiger partial charge in [-0.25, -0.2) is 4.98 Å². The highest BCUT2D eigenvalue weighted by atomic mass is 16.5. The molecule has 0 aliphatic heterocycles. The predicted molar refractivity (Wildman–Crippen MR) is 140 cm³/mol. The van der Waals surface area contributed by atoms with Gasteiger partial charge in [-0.05, 0) is 56.0 Å². The number of amides is 1. The number of hydrogen-bond acceptors (Lipinski definition) is 6. The molecule has 0 fully saturated rings. The van der Waals surface area contributed by atoms with Crippen molar-refractivity contribution in [2.45, 2.75) is 39.3 Å². The monoisotopic (exact) mass is 491 g/mol. The standard InChI is InChI=1S/C29H25N5O3/c1-17-6-5-8-20(14-17)27-32-29(37-33-27)23-15-34(28-22(26(23)36)12-10-18(2)30-28)16-25(35)31-24-13-11-19-7-3-4-9-21(19)24/h3-10,12,14-15,24H,11,13,16H2,1-2H3,(H,31,35)/t24-/m0/s1. The summed E-state index contributed by atoms with van der Waals surface area (Å²) < 4.78 is 7.20. The first-order valence-electron chi connectivity index (χ1n) is 12.3. The number of carbonyl (C=O) groups excluding carboxylic acids is 1. The van der Waals surface area contributed by atoms with Crippen LogP contribution in [0.3, 0.4) is 0 Å². The van der Waals surface area contributed by atoms with E-state index in [0.717, 1.165) is 35.2 Å². The second-order valence-corrected chi connectivity index (χ2v) is 9.47. The van der Waals surface area contributed by atoms with Crippen molar-refractivity contribution in [1.82, 2.24) is 25.0 Å². The second-order valence-electron chi connectivity index (χ2n) is 9.47. The maximum Gasteiger partial charge on any atom is 0.263 e. The SMILES string of the molecule is Cc1cccc(-c2noc(-c3cn(CC(=O)N[C@H]4CCc5ccccc54)c4nc(C)ccc4c3=O)n2)c1. The van der Waals surface area contributed by atoms with Crippen LogP contribution in [0.5, 0.6) is 0 Å². The van der Waals surface area contributed by atoms with E-state index in [1.807, 2.05) is 50.2 Å². The maximum atomic E-state index is 13.4. The lowest BCUT2D eigenvalue weighted by Crippen LogP contribution is -2.31. The Morgan fingerprint density at radius 3 is 2.81 bits per heavy atom. The molecule has 8 heteroatoms. The first kappa shape index (κ1) is 22.8. The number of fused-ring (bicyclic) bond motifs is 2. The molecule has 1 N–H and O–H groups in total. The fourth-order valence-corrected chi connectivity index (χ4v) is 4.97. The Balaban J connectivity index is 1.36. The zero-order valence-corrected chi connectivity index (χ0v) is 20.6. The highest BCUT2D eigenvalue weighted by Crippen LogP contribution is 2.30. The number of aryl methyl sites for hydroxylation is 3. The van der Waals surface area contributed by atoms with Crippen LogP contribution in [-0.4, -0.2) is 25.6 Å². The van der Waals surface area contributed by atoms with Crippen LogP contribution in [0.1, 0.15) is 34.8 Å². The summed E-state index contributed by atoms with van der Waals surface area (Å²) >= 11 is 0. The van der Waals surface area contributed by atoms with E-state index in [2.05, 4.69) is 32.6 Å². The largest absolute Gasteiger partial charge is 0.348 e. The fourth-order valence-electron chi connectivity index (χ4n) is 4.97. The summed E-state index contributed by atoms with van der Waals surface area (Å²) in [6.45, 7) is 3.83. The lowest BCUT2D eigenvalue weighted by Gasteiger charge is -2.16. The van der Waals surface area contributed by atoms with Gasteiger partial charge in [-0.2, -0.15) is 4.98 Å². The molecule has 0 bridgehead atoms. The van der Waals surface area contributed by atoms with Crippen LogP contribution in [0.15, 0.2) is 76.2 Å². The quantitative estimate of drug-likeness (QED) is 0.387. The van der Waals surface area contributed by atoms with Gasteiger partial charge in [0, 0.05) is 17.5 Å². The van der Waals surface area contributed by atoms with Gasteiger partial charge in [0.1, 0.15) is 17.8 Å². The number of rotatable bonds is 5. The topological polar surface area (TPSA) is 103 Å². The van der Waals surface area contributed by atoms with Crippen LogP contribution in [0, 0.1) is 13.8 Å². The zero-order chi connectivity index (χ0) is 25.5. The average molecular weight is 492 g/mol. The van der Waals surface area contributed by atoms with Crippen molar-refractivity contribution in [2.24, 2.45) is 0 Å². The Labute approximate surface area is 213 Å². The van der Waals surface area contributed by atoms with Gasteiger partial charge in [0.05, 0.1) is 11.4 Å². The molecular formula is C29H25N5O3. The molecule has 3 aromatic heterocycles. The molecule has 1 aliphatic rings. The summed E-state index contributed by atoms with van der Waals surface area (Å²) in [5, 5.41) is 7.63. The minimum Gasteiger partial charge on any atom is -0.348 e. The van der Waals surface area contributed by atoms with Gasteiger partial charge in [0.15, 0.2) is 0 Å². The highest BCUT2D eigenvalue weighted by molar-refractivity contribution is 5.83. The number of benzene rings is 2. The highest BCUT2D eigenvalue weighted by Gasteiger charge is 2.24. The molecule has 1 aliphatic carbocycles. The number of nitrogens with zero attached hydrogens (tertiary/aromatic N) is 4. The van der Waals surface area contributed by atoms with Gasteiger partial charge >= 0.3 is 0 Å². The molecule has 3 heterocycles. The minimum absolute atomic E-state index is 0.00221. The summed E-state index contributed by atoms with van der Waals surface area (Å²) in [7, 11) is 0. The van der Waals surface area contributed by atoms with Crippen molar-refractivity contribution in [1.29, 1.82) is 0 Å². The molecule has 0 saturated carbocycles. The Bertz CT molecular complexity index is 1720. The molecule has 37 heavy (non-hydrogen) atoms. The van der Waals surface area contributed by atoms with E-state index < -0.39 is 0 Å². The molecule has 6 rings (SSSR count). The van der Waals surface area contributed by atoms with Crippen LogP contribution in [-0.2, 0) is 17.8 Å². The lowest BCUT2D eigenvalue weighted by molar-refractivity contribution is -0.122. The van der Waals surface area contributed by atoms with Crippen molar-refractivity contribution in [2.75, 3.05) is 0 Å². The van der Waals surface area contributed by atoms with Crippen molar-refractivity contribution in [3.8, 4) is 22.8 Å². The Kier molecular flexibility index (Phi) is 5.64. The van der Waals surface area contributed by atoms with E-state index in [1.54, 1.807) is 22.9 Å². The average Bonchev–Trinajstić information content (AvgIpc) is 3.54. The van der Waals surface area contributed by atoms with E-state index in [4.69, 9.17) is 4.52 Å². The number of aromatic nitrogens is 4. The maximum absolute atomic E-state index is 13.4. The first-order valence-corrected chi connectivity index (χ1v) is 12.3. The predicted octanol–water partition coefficient (Wildman–Crippen LogP) is 4.53. The number of pyridine rings is 2. The molecule has 184 valence electrons. The van der Waals surface area contributed by atoms with Crippen molar-refractivity contribution in [3.05, 3.63) is 99.5 Å². The molecule has 0 spiro atoms. The second kappa shape index (κ2) is 9.13. The summed E-state index contributed by atoms with van der Waals surface area (Å²) in [5.74, 6) is 0.333. The Hall–Kier alpha value is -4.59. The molecule has 0 saturated heterocycles. The van der Waals surface area contributed by atoms with Gasteiger partial charge in [0.2, 0.25) is 17.2 Å². The van der Waals surface area contributed by atoms with E-state index in [0.29, 0.717) is 16.9 Å². The van der Waals surface area contributed by atoms with Crippen molar-refractivity contribution < 1.29 is 9.32 Å². The molecule has 0 radical (unpaired) electrons. The van der Waals surface area contributed by atoms with Gasteiger partial charge in [-0.15, -0.1) is 0 Å². The van der Waals surface area contributed by atoms with E-state index in [-0.39, 0.29) is 35.4 Å². The molecule has 8 nitrogen and oxygen atoms in total. The van der Waals surface area contributed by atoms with E-state index in [9.17, 15) is 9.59 Å². The Morgan fingerprint density at radius 1 is 1.08 bits per heavy atom. The number of carbonyl (C=O) groups is 1. The van der Waals surface area contributed by atoms with Crippen molar-refractivity contribution in [3.63, 3.8) is 0 Å². The van der Waals surface area contributed by atoms with Gasteiger partial charge in [-0.3, -0.25) is 9.59 Å². The summed E-state index contributed by atoms with van der Waals surface area (Å²) in [5.41, 5.74) is 5.42. The summed E-state index contributed by atoms with van der Waals surface area (Å²) in [6, 6.07) is 19.4. The zero-order valence-electron chi connectivity index (χ0n) is 20.6. The van der Waals surface area contributed by atoms with Crippen LogP contribution in [0.4, 0.5) is 0 Å². The van der Waals surface area contributed by atoms with E-state index in [1.165, 1.54) is 5.56 Å². The third-order valence-electron chi connectivity index (χ3n) is 6.78. The summed E-state index contributed by atoms with van der Waals surface area (Å²) in [4.78, 5) is 35.6. The molecular weight excluding hydrogens is 466 g/mol. The van der Waals surface area contributed by atoms with Crippen LogP contribution in [0.25, 0.3) is 33.9 Å². The first-order chi connectivity index (χ1) is 18.0. The molecule has 1 atom stereocenters. The molecule has 0 unspecified atom stereocenters. The molecule has 1 amide bonds. The fraction of sp³-hybridized carbons (Fsp3) is 0.207. The van der Waals surface area contributed by atoms with E-state index >= 15 is 0 Å². The molecule has 5 aromatic rings. The number of nitrogens with one attached hydrogen (secondary N) is 1. The third-order valence-corrected chi connectivity index (χ3v) is 6.78. The minimum atomic E-state index is -0.275. The van der Waals surface area contributed by atoms with Gasteiger partial charge in [0.25, 0.3) is 5.89 Å². The van der Waals surface area contributed by atoms with Crippen LogP contribution < -0.4 is 10.7 Å². The normalized spacial score (nSPS) is 14.6. The van der Waals surface area contributed by atoms with Gasteiger partial charge in [-0.1, -0.05) is 53.2 Å². The lowest BCUT2D eigenvalue weighted by atomic mass is 10.1. The molecule has 2 aromatic carbocycles. The smallest absolute Gasteiger partial charge is 0.263 e.